The third-order valence-corrected chi connectivity index (χ3v) is 2.70. The van der Waals surface area contributed by atoms with Crippen molar-refractivity contribution >= 4 is 5.97 Å². The minimum Gasteiger partial charge on any atom is -0.508 e. The minimum absolute atomic E-state index is 0.108. The molecule has 1 aromatic carbocycles. The van der Waals surface area contributed by atoms with E-state index in [9.17, 15) is 15.0 Å². The molecule has 0 radical (unpaired) electrons. The van der Waals surface area contributed by atoms with E-state index in [-0.39, 0.29) is 23.3 Å². The van der Waals surface area contributed by atoms with Gasteiger partial charge in [0.25, 0.3) is 0 Å². The molecular formula is C14H20O4. The first-order valence-electron chi connectivity index (χ1n) is 5.95. The average Bonchev–Trinajstić information content (AvgIpc) is 2.27. The first-order chi connectivity index (χ1) is 8.27. The number of aromatic hydroxyl groups is 1. The summed E-state index contributed by atoms with van der Waals surface area (Å²) in [5.74, 6) is -0.859. The monoisotopic (exact) mass is 252 g/mol. The van der Waals surface area contributed by atoms with Crippen molar-refractivity contribution in [2.45, 2.75) is 39.2 Å². The Bertz CT molecular complexity index is 432. The molecule has 0 spiro atoms. The fourth-order valence-corrected chi connectivity index (χ4v) is 1.59. The van der Waals surface area contributed by atoms with E-state index in [1.54, 1.807) is 19.1 Å². The number of aliphatic hydroxyl groups is 1. The number of esters is 1. The molecule has 0 amide bonds. The number of aliphatic hydroxyl groups excluding tert-OH is 1. The van der Waals surface area contributed by atoms with Crippen LogP contribution in [0.4, 0.5) is 0 Å². The Morgan fingerprint density at radius 1 is 1.39 bits per heavy atom. The Kier molecular flexibility index (Phi) is 4.35. The van der Waals surface area contributed by atoms with Crippen molar-refractivity contribution in [1.29, 1.82) is 0 Å². The molecule has 18 heavy (non-hydrogen) atoms. The summed E-state index contributed by atoms with van der Waals surface area (Å²) in [6.07, 6.45) is -1.45. The fraction of sp³-hybridized carbons (Fsp3) is 0.500. The third kappa shape index (κ3) is 3.23. The van der Waals surface area contributed by atoms with Gasteiger partial charge in [0.15, 0.2) is 6.10 Å². The molecule has 1 aromatic rings. The summed E-state index contributed by atoms with van der Waals surface area (Å²) in [6.45, 7) is 7.89. The lowest BCUT2D eigenvalue weighted by Gasteiger charge is -2.21. The van der Waals surface area contributed by atoms with Gasteiger partial charge in [0.2, 0.25) is 0 Å². The summed E-state index contributed by atoms with van der Waals surface area (Å²) in [7, 11) is 0. The zero-order valence-corrected chi connectivity index (χ0v) is 11.2. The molecule has 0 fully saturated rings. The van der Waals surface area contributed by atoms with Crippen molar-refractivity contribution in [3.63, 3.8) is 0 Å². The number of benzene rings is 1. The largest absolute Gasteiger partial charge is 0.508 e. The van der Waals surface area contributed by atoms with Gasteiger partial charge in [0, 0.05) is 5.56 Å². The Labute approximate surface area is 107 Å². The van der Waals surface area contributed by atoms with E-state index in [4.69, 9.17) is 4.74 Å². The topological polar surface area (TPSA) is 66.8 Å². The van der Waals surface area contributed by atoms with Crippen LogP contribution in [-0.4, -0.2) is 22.8 Å². The van der Waals surface area contributed by atoms with Gasteiger partial charge >= 0.3 is 5.97 Å². The van der Waals surface area contributed by atoms with Crippen molar-refractivity contribution in [1.82, 2.24) is 0 Å². The van der Waals surface area contributed by atoms with Crippen LogP contribution in [0, 0.1) is 0 Å². The standard InChI is InChI=1S/C14H20O4/c1-5-18-13(17)12(16)10-8-9(14(2,3)4)6-7-11(10)15/h6-8,12,15-16H,5H2,1-4H3/t12-/m0/s1. The molecule has 100 valence electrons. The van der Waals surface area contributed by atoms with Crippen LogP contribution in [0.25, 0.3) is 0 Å². The second kappa shape index (κ2) is 5.40. The SMILES string of the molecule is CCOC(=O)[C@@H](O)c1cc(C(C)(C)C)ccc1O. The van der Waals surface area contributed by atoms with Gasteiger partial charge in [-0.25, -0.2) is 4.79 Å². The van der Waals surface area contributed by atoms with Gasteiger partial charge in [-0.05, 0) is 30.0 Å². The highest BCUT2D eigenvalue weighted by molar-refractivity contribution is 5.77. The Morgan fingerprint density at radius 2 is 2.00 bits per heavy atom. The number of carbonyl (C=O) groups is 1. The van der Waals surface area contributed by atoms with Gasteiger partial charge in [-0.2, -0.15) is 0 Å². The molecule has 1 atom stereocenters. The maximum atomic E-state index is 11.5. The van der Waals surface area contributed by atoms with E-state index in [2.05, 4.69) is 0 Å². The number of carbonyl (C=O) groups excluding carboxylic acids is 1. The number of hydrogen-bond acceptors (Lipinski definition) is 4. The van der Waals surface area contributed by atoms with Crippen molar-refractivity contribution in [2.24, 2.45) is 0 Å². The lowest BCUT2D eigenvalue weighted by Crippen LogP contribution is -2.17. The first-order valence-corrected chi connectivity index (χ1v) is 5.95. The molecule has 0 saturated carbocycles. The van der Waals surface area contributed by atoms with Crippen molar-refractivity contribution in [2.75, 3.05) is 6.61 Å². The van der Waals surface area contributed by atoms with Gasteiger partial charge in [0.1, 0.15) is 5.75 Å². The van der Waals surface area contributed by atoms with E-state index >= 15 is 0 Å². The highest BCUT2D eigenvalue weighted by atomic mass is 16.5. The van der Waals surface area contributed by atoms with Gasteiger partial charge < -0.3 is 14.9 Å². The van der Waals surface area contributed by atoms with Crippen LogP contribution in [0.5, 0.6) is 5.75 Å². The highest BCUT2D eigenvalue weighted by Gasteiger charge is 2.24. The van der Waals surface area contributed by atoms with E-state index in [0.29, 0.717) is 0 Å². The lowest BCUT2D eigenvalue weighted by molar-refractivity contribution is -0.153. The van der Waals surface area contributed by atoms with Crippen LogP contribution in [0.3, 0.4) is 0 Å². The summed E-state index contributed by atoms with van der Waals surface area (Å²) >= 11 is 0. The molecule has 0 aliphatic heterocycles. The number of rotatable bonds is 3. The molecule has 4 nitrogen and oxygen atoms in total. The van der Waals surface area contributed by atoms with Gasteiger partial charge in [0.05, 0.1) is 6.61 Å². The molecule has 0 saturated heterocycles. The number of ether oxygens (including phenoxy) is 1. The van der Waals surface area contributed by atoms with E-state index < -0.39 is 12.1 Å². The molecule has 0 heterocycles. The van der Waals surface area contributed by atoms with E-state index in [0.717, 1.165) is 5.56 Å². The fourth-order valence-electron chi connectivity index (χ4n) is 1.59. The molecular weight excluding hydrogens is 232 g/mol. The second-order valence-electron chi connectivity index (χ2n) is 5.18. The molecule has 2 N–H and O–H groups in total. The zero-order valence-electron chi connectivity index (χ0n) is 11.2. The van der Waals surface area contributed by atoms with Gasteiger partial charge in [-0.1, -0.05) is 26.8 Å². The third-order valence-electron chi connectivity index (χ3n) is 2.70. The number of hydrogen-bond donors (Lipinski definition) is 2. The zero-order chi connectivity index (χ0) is 13.9. The summed E-state index contributed by atoms with van der Waals surface area (Å²) in [5.41, 5.74) is 0.983. The maximum absolute atomic E-state index is 11.5. The van der Waals surface area contributed by atoms with Crippen molar-refractivity contribution in [3.05, 3.63) is 29.3 Å². The minimum atomic E-state index is -1.45. The first kappa shape index (κ1) is 14.5. The molecule has 0 aliphatic carbocycles. The van der Waals surface area contributed by atoms with E-state index in [1.165, 1.54) is 6.07 Å². The molecule has 0 unspecified atom stereocenters. The molecule has 0 aromatic heterocycles. The van der Waals surface area contributed by atoms with Crippen molar-refractivity contribution in [3.8, 4) is 5.75 Å². The number of phenols is 1. The van der Waals surface area contributed by atoms with Gasteiger partial charge in [-0.3, -0.25) is 0 Å². The Balaban J connectivity index is 3.12. The summed E-state index contributed by atoms with van der Waals surface area (Å²) in [6, 6.07) is 4.89. The average molecular weight is 252 g/mol. The van der Waals surface area contributed by atoms with Crippen molar-refractivity contribution < 1.29 is 19.7 Å². The van der Waals surface area contributed by atoms with Gasteiger partial charge in [-0.15, -0.1) is 0 Å². The second-order valence-corrected chi connectivity index (χ2v) is 5.18. The maximum Gasteiger partial charge on any atom is 0.339 e. The smallest absolute Gasteiger partial charge is 0.339 e. The lowest BCUT2D eigenvalue weighted by atomic mass is 9.85. The quantitative estimate of drug-likeness (QED) is 0.810. The summed E-state index contributed by atoms with van der Waals surface area (Å²) < 4.78 is 4.74. The Morgan fingerprint density at radius 3 is 2.50 bits per heavy atom. The molecule has 0 bridgehead atoms. The van der Waals surface area contributed by atoms with Crippen LogP contribution >= 0.6 is 0 Å². The van der Waals surface area contributed by atoms with Crippen LogP contribution < -0.4 is 0 Å². The predicted octanol–water partition coefficient (Wildman–Crippen LogP) is 2.29. The number of phenolic OH excluding ortho intramolecular Hbond substituents is 1. The van der Waals surface area contributed by atoms with Crippen LogP contribution in [0.1, 0.15) is 44.9 Å². The highest BCUT2D eigenvalue weighted by Crippen LogP contribution is 2.31. The summed E-state index contributed by atoms with van der Waals surface area (Å²) in [5, 5.41) is 19.6. The molecule has 4 heteroatoms. The molecule has 1 rings (SSSR count). The Hall–Kier alpha value is -1.55. The van der Waals surface area contributed by atoms with Crippen LogP contribution in [-0.2, 0) is 14.9 Å². The normalized spacial score (nSPS) is 13.2. The molecule has 0 aliphatic rings. The van der Waals surface area contributed by atoms with Crippen LogP contribution in [0.15, 0.2) is 18.2 Å². The predicted molar refractivity (Wildman–Crippen MR) is 68.4 cm³/mol. The van der Waals surface area contributed by atoms with Crippen LogP contribution in [0.2, 0.25) is 0 Å². The van der Waals surface area contributed by atoms with E-state index in [1.807, 2.05) is 20.8 Å². The summed E-state index contributed by atoms with van der Waals surface area (Å²) in [4.78, 5) is 11.5.